The van der Waals surface area contributed by atoms with Gasteiger partial charge in [-0.05, 0) is 19.3 Å². The number of allylic oxidation sites excluding steroid dienone is 1. The van der Waals surface area contributed by atoms with Crippen molar-refractivity contribution in [2.75, 3.05) is 19.8 Å². The van der Waals surface area contributed by atoms with Crippen molar-refractivity contribution in [3.05, 3.63) is 12.2 Å². The van der Waals surface area contributed by atoms with Crippen LogP contribution in [0.1, 0.15) is 194 Å². The van der Waals surface area contributed by atoms with Crippen molar-refractivity contribution < 1.29 is 64.6 Å². The number of rotatable bonds is 38. The van der Waals surface area contributed by atoms with Crippen LogP contribution in [0.3, 0.4) is 0 Å². The van der Waals surface area contributed by atoms with Gasteiger partial charge in [0.1, 0.15) is 48.8 Å². The maximum absolute atomic E-state index is 13.1. The molecular formula is C48H91NO13. The molecule has 1 amide bonds. The minimum Gasteiger partial charge on any atom is -0.394 e. The monoisotopic (exact) mass is 890 g/mol. The Labute approximate surface area is 374 Å². The van der Waals surface area contributed by atoms with Crippen molar-refractivity contribution in [3.63, 3.8) is 0 Å². The highest BCUT2D eigenvalue weighted by molar-refractivity contribution is 5.76. The van der Waals surface area contributed by atoms with Gasteiger partial charge in [0.15, 0.2) is 12.6 Å². The minimum absolute atomic E-state index is 0.242. The second-order valence-electron chi connectivity index (χ2n) is 18.0. The predicted molar refractivity (Wildman–Crippen MR) is 240 cm³/mol. The van der Waals surface area contributed by atoms with Crippen molar-refractivity contribution in [2.45, 2.75) is 267 Å². The van der Waals surface area contributed by atoms with E-state index in [-0.39, 0.29) is 18.9 Å². The lowest BCUT2D eigenvalue weighted by Crippen LogP contribution is -2.65. The average molecular weight is 890 g/mol. The first-order valence-corrected chi connectivity index (χ1v) is 24.9. The van der Waals surface area contributed by atoms with Crippen molar-refractivity contribution >= 4 is 5.91 Å². The van der Waals surface area contributed by atoms with Crippen LogP contribution < -0.4 is 5.32 Å². The second-order valence-corrected chi connectivity index (χ2v) is 18.0. The van der Waals surface area contributed by atoms with E-state index < -0.39 is 86.8 Å². The van der Waals surface area contributed by atoms with Crippen LogP contribution >= 0.6 is 0 Å². The summed E-state index contributed by atoms with van der Waals surface area (Å²) in [5.74, 6) is -0.242. The van der Waals surface area contributed by atoms with Gasteiger partial charge in [0.2, 0.25) is 5.91 Å². The fourth-order valence-corrected chi connectivity index (χ4v) is 8.35. The Morgan fingerprint density at radius 2 is 1.00 bits per heavy atom. The molecule has 0 spiro atoms. The Kier molecular flexibility index (Phi) is 32.9. The van der Waals surface area contributed by atoms with Crippen LogP contribution in [-0.2, 0) is 23.7 Å². The quantitative estimate of drug-likeness (QED) is 0.0257. The molecule has 0 aromatic heterocycles. The third-order valence-corrected chi connectivity index (χ3v) is 12.5. The summed E-state index contributed by atoms with van der Waals surface area (Å²) in [6, 6.07) is -0.905. The average Bonchev–Trinajstić information content (AvgIpc) is 3.27. The van der Waals surface area contributed by atoms with Crippen LogP contribution in [0, 0.1) is 0 Å². The van der Waals surface area contributed by atoms with E-state index in [0.717, 1.165) is 51.4 Å². The van der Waals surface area contributed by atoms with Crippen molar-refractivity contribution in [2.24, 2.45) is 0 Å². The molecule has 2 heterocycles. The first kappa shape index (κ1) is 56.9. The highest BCUT2D eigenvalue weighted by Gasteiger charge is 2.51. The summed E-state index contributed by atoms with van der Waals surface area (Å²) < 4.78 is 22.6. The summed E-state index contributed by atoms with van der Waals surface area (Å²) in [5.41, 5.74) is 0. The Bertz CT molecular complexity index is 1100. The van der Waals surface area contributed by atoms with Gasteiger partial charge in [-0.15, -0.1) is 0 Å². The molecule has 0 aliphatic carbocycles. The van der Waals surface area contributed by atoms with Gasteiger partial charge < -0.3 is 65.1 Å². The van der Waals surface area contributed by atoms with Crippen molar-refractivity contribution in [1.82, 2.24) is 5.32 Å². The molecule has 0 radical (unpaired) electrons. The van der Waals surface area contributed by atoms with Crippen LogP contribution in [0.2, 0.25) is 0 Å². The fraction of sp³-hybridized carbons (Fsp3) is 0.938. The molecule has 366 valence electrons. The van der Waals surface area contributed by atoms with Crippen LogP contribution in [0.25, 0.3) is 0 Å². The number of aliphatic hydroxyl groups excluding tert-OH is 8. The van der Waals surface area contributed by atoms with E-state index in [0.29, 0.717) is 6.42 Å². The lowest BCUT2D eigenvalue weighted by Gasteiger charge is -2.46. The molecule has 2 saturated heterocycles. The smallest absolute Gasteiger partial charge is 0.220 e. The summed E-state index contributed by atoms with van der Waals surface area (Å²) in [7, 11) is 0. The number of ether oxygens (including phenoxy) is 4. The van der Waals surface area contributed by atoms with Gasteiger partial charge in [-0.2, -0.15) is 0 Å². The fourth-order valence-electron chi connectivity index (χ4n) is 8.35. The summed E-state index contributed by atoms with van der Waals surface area (Å²) >= 11 is 0. The maximum atomic E-state index is 13.1. The molecular weight excluding hydrogens is 799 g/mol. The topological polar surface area (TPSA) is 228 Å². The number of amides is 1. The lowest BCUT2D eigenvalue weighted by atomic mass is 9.97. The largest absolute Gasteiger partial charge is 0.394 e. The molecule has 2 rings (SSSR count). The first-order valence-electron chi connectivity index (χ1n) is 24.9. The van der Waals surface area contributed by atoms with Gasteiger partial charge in [-0.25, -0.2) is 0 Å². The van der Waals surface area contributed by atoms with E-state index in [4.69, 9.17) is 18.9 Å². The van der Waals surface area contributed by atoms with Crippen LogP contribution in [0.5, 0.6) is 0 Å². The number of nitrogens with one attached hydrogen (secondary N) is 1. The minimum atomic E-state index is -1.78. The Morgan fingerprint density at radius 1 is 0.565 bits per heavy atom. The summed E-state index contributed by atoms with van der Waals surface area (Å²) in [6.07, 6.45) is 20.3. The number of carbonyl (C=O) groups is 1. The Morgan fingerprint density at radius 3 is 1.48 bits per heavy atom. The highest BCUT2D eigenvalue weighted by atomic mass is 16.7. The summed E-state index contributed by atoms with van der Waals surface area (Å²) in [4.78, 5) is 13.1. The molecule has 14 nitrogen and oxygen atoms in total. The third-order valence-electron chi connectivity index (χ3n) is 12.5. The Balaban J connectivity index is 1.71. The maximum Gasteiger partial charge on any atom is 0.220 e. The number of unbranched alkanes of at least 4 members (excludes halogenated alkanes) is 25. The van der Waals surface area contributed by atoms with E-state index in [1.165, 1.54) is 116 Å². The van der Waals surface area contributed by atoms with Crippen LogP contribution in [-0.4, -0.2) is 140 Å². The molecule has 14 heteroatoms. The number of hydrogen-bond donors (Lipinski definition) is 9. The van der Waals surface area contributed by atoms with E-state index in [1.54, 1.807) is 6.08 Å². The third kappa shape index (κ3) is 23.3. The van der Waals surface area contributed by atoms with Gasteiger partial charge in [0.25, 0.3) is 0 Å². The van der Waals surface area contributed by atoms with E-state index >= 15 is 0 Å². The molecule has 0 saturated carbocycles. The van der Waals surface area contributed by atoms with Crippen LogP contribution in [0.4, 0.5) is 0 Å². The number of carbonyl (C=O) groups excluding carboxylic acids is 1. The normalized spacial score (nSPS) is 27.8. The zero-order valence-corrected chi connectivity index (χ0v) is 38.6. The van der Waals surface area contributed by atoms with Gasteiger partial charge in [-0.3, -0.25) is 4.79 Å². The first-order chi connectivity index (χ1) is 30.1. The molecule has 12 atom stereocenters. The molecule has 12 unspecified atom stereocenters. The molecule has 0 bridgehead atoms. The highest BCUT2D eigenvalue weighted by Crippen LogP contribution is 2.30. The number of aliphatic hydroxyl groups is 8. The molecule has 62 heavy (non-hydrogen) atoms. The second kappa shape index (κ2) is 35.9. The standard InChI is InChI=1S/C48H91NO13/c1-3-5-7-9-11-12-13-14-15-16-17-18-19-20-21-22-23-24-25-26-28-30-32-40(53)49-36(37(52)31-29-27-10-8-6-4-2)35-59-47-45(58)43(56)46(39(34-51)61-47)62-48-44(57)42(55)41(54)38(33-50)60-48/h29,31,36-39,41-48,50-52,54-58H,3-28,30,32-35H2,1-2H3,(H,49,53)/b31-29+. The number of hydrogen-bond acceptors (Lipinski definition) is 13. The molecule has 9 N–H and O–H groups in total. The van der Waals surface area contributed by atoms with Gasteiger partial charge in [0, 0.05) is 6.42 Å². The molecule has 2 aliphatic heterocycles. The molecule has 2 fully saturated rings. The molecule has 2 aliphatic rings. The van der Waals surface area contributed by atoms with Gasteiger partial charge in [-0.1, -0.05) is 180 Å². The van der Waals surface area contributed by atoms with E-state index in [1.807, 2.05) is 6.08 Å². The molecule has 0 aromatic rings. The molecule has 0 aromatic carbocycles. The summed E-state index contributed by atoms with van der Waals surface area (Å²) in [6.45, 7) is 2.70. The Hall–Kier alpha value is -1.27. The van der Waals surface area contributed by atoms with Crippen molar-refractivity contribution in [3.8, 4) is 0 Å². The van der Waals surface area contributed by atoms with E-state index in [9.17, 15) is 45.6 Å². The summed E-state index contributed by atoms with van der Waals surface area (Å²) in [5, 5.41) is 86.2. The van der Waals surface area contributed by atoms with Gasteiger partial charge >= 0.3 is 0 Å². The van der Waals surface area contributed by atoms with E-state index in [2.05, 4.69) is 19.2 Å². The van der Waals surface area contributed by atoms with Crippen molar-refractivity contribution in [1.29, 1.82) is 0 Å². The lowest BCUT2D eigenvalue weighted by molar-refractivity contribution is -0.359. The van der Waals surface area contributed by atoms with Crippen LogP contribution in [0.15, 0.2) is 12.2 Å². The zero-order chi connectivity index (χ0) is 45.4. The van der Waals surface area contributed by atoms with Gasteiger partial charge in [0.05, 0.1) is 32.0 Å². The SMILES string of the molecule is CCCCCC/C=C/C(O)C(COC1OC(CO)C(OC2OC(CO)C(O)C(O)C2O)C(O)C1O)NC(=O)CCCCCCCCCCCCCCCCCCCCCCCC. The zero-order valence-electron chi connectivity index (χ0n) is 38.6. The predicted octanol–water partition coefficient (Wildman–Crippen LogP) is 5.99.